The van der Waals surface area contributed by atoms with Gasteiger partial charge >= 0.3 is 0 Å². The minimum atomic E-state index is 1.09. The zero-order valence-electron chi connectivity index (χ0n) is 14.7. The normalized spacial score (nSPS) is 16.4. The van der Waals surface area contributed by atoms with Crippen LogP contribution in [0.5, 0.6) is 0 Å². The van der Waals surface area contributed by atoms with E-state index in [0.717, 1.165) is 6.54 Å². The maximum Gasteiger partial charge on any atom is 0.0234 e. The molecule has 0 aliphatic carbocycles. The second-order valence-electron chi connectivity index (χ2n) is 6.56. The second kappa shape index (κ2) is 9.26. The van der Waals surface area contributed by atoms with Gasteiger partial charge in [-0.1, -0.05) is 42.5 Å². The van der Waals surface area contributed by atoms with Crippen LogP contribution in [-0.2, 0) is 13.0 Å². The molecule has 0 N–H and O–H groups in total. The Bertz CT molecular complexity index is 589. The minimum Gasteiger partial charge on any atom is -0.301 e. The quantitative estimate of drug-likeness (QED) is 0.699. The van der Waals surface area contributed by atoms with Gasteiger partial charge in [0, 0.05) is 37.6 Å². The topological polar surface area (TPSA) is 6.48 Å². The van der Waals surface area contributed by atoms with Gasteiger partial charge in [0.1, 0.15) is 0 Å². The SMILES string of the molecule is CSc1ccc(CN2CCN(CCCc3ccccc3)CC2)cc1. The fraction of sp³-hybridized carbons (Fsp3) is 0.429. The van der Waals surface area contributed by atoms with E-state index in [0.29, 0.717) is 0 Å². The molecule has 0 radical (unpaired) electrons. The molecule has 0 aromatic heterocycles. The van der Waals surface area contributed by atoms with E-state index in [2.05, 4.69) is 70.7 Å². The van der Waals surface area contributed by atoms with Gasteiger partial charge in [0.15, 0.2) is 0 Å². The lowest BCUT2D eigenvalue weighted by Gasteiger charge is -2.34. The van der Waals surface area contributed by atoms with Crippen molar-refractivity contribution in [3.8, 4) is 0 Å². The van der Waals surface area contributed by atoms with Crippen LogP contribution >= 0.6 is 11.8 Å². The number of hydrogen-bond donors (Lipinski definition) is 0. The first-order valence-electron chi connectivity index (χ1n) is 8.95. The molecule has 0 spiro atoms. The second-order valence-corrected chi connectivity index (χ2v) is 7.43. The third-order valence-corrected chi connectivity index (χ3v) is 5.56. The molecule has 2 aromatic carbocycles. The third kappa shape index (κ3) is 5.37. The summed E-state index contributed by atoms with van der Waals surface area (Å²) in [4.78, 5) is 6.56. The van der Waals surface area contributed by atoms with Gasteiger partial charge in [-0.15, -0.1) is 11.8 Å². The van der Waals surface area contributed by atoms with E-state index in [1.165, 1.54) is 61.6 Å². The van der Waals surface area contributed by atoms with Crippen molar-refractivity contribution in [2.75, 3.05) is 39.0 Å². The molecule has 0 saturated carbocycles. The van der Waals surface area contributed by atoms with Crippen LogP contribution in [0.4, 0.5) is 0 Å². The van der Waals surface area contributed by atoms with Crippen molar-refractivity contribution in [3.05, 3.63) is 65.7 Å². The van der Waals surface area contributed by atoms with Crippen LogP contribution < -0.4 is 0 Å². The summed E-state index contributed by atoms with van der Waals surface area (Å²) >= 11 is 1.81. The monoisotopic (exact) mass is 340 g/mol. The van der Waals surface area contributed by atoms with Gasteiger partial charge in [0.25, 0.3) is 0 Å². The maximum atomic E-state index is 2.62. The highest BCUT2D eigenvalue weighted by molar-refractivity contribution is 7.98. The summed E-state index contributed by atoms with van der Waals surface area (Å²) in [6, 6.07) is 19.9. The minimum absolute atomic E-state index is 1.09. The van der Waals surface area contributed by atoms with Crippen LogP contribution in [-0.4, -0.2) is 48.8 Å². The van der Waals surface area contributed by atoms with Crippen molar-refractivity contribution in [2.45, 2.75) is 24.3 Å². The molecule has 1 heterocycles. The Morgan fingerprint density at radius 3 is 2.12 bits per heavy atom. The summed E-state index contributed by atoms with van der Waals surface area (Å²) in [5.41, 5.74) is 2.90. The Morgan fingerprint density at radius 1 is 0.792 bits per heavy atom. The molecule has 3 rings (SSSR count). The van der Waals surface area contributed by atoms with Crippen LogP contribution in [0.15, 0.2) is 59.5 Å². The highest BCUT2D eigenvalue weighted by Crippen LogP contribution is 2.16. The van der Waals surface area contributed by atoms with E-state index in [9.17, 15) is 0 Å². The van der Waals surface area contributed by atoms with Crippen LogP contribution in [0.3, 0.4) is 0 Å². The fourth-order valence-corrected chi connectivity index (χ4v) is 3.72. The lowest BCUT2D eigenvalue weighted by Crippen LogP contribution is -2.46. The van der Waals surface area contributed by atoms with Gasteiger partial charge < -0.3 is 4.90 Å². The van der Waals surface area contributed by atoms with E-state index < -0.39 is 0 Å². The number of aryl methyl sites for hydroxylation is 1. The molecule has 0 bridgehead atoms. The molecule has 128 valence electrons. The number of piperazine rings is 1. The largest absolute Gasteiger partial charge is 0.301 e. The van der Waals surface area contributed by atoms with Gasteiger partial charge in [0.05, 0.1) is 0 Å². The maximum absolute atomic E-state index is 2.62. The summed E-state index contributed by atoms with van der Waals surface area (Å²) in [5, 5.41) is 0. The highest BCUT2D eigenvalue weighted by Gasteiger charge is 2.16. The van der Waals surface area contributed by atoms with Crippen molar-refractivity contribution in [1.29, 1.82) is 0 Å². The first-order valence-corrected chi connectivity index (χ1v) is 10.2. The number of hydrogen-bond acceptors (Lipinski definition) is 3. The molecule has 1 aliphatic rings. The number of thioether (sulfide) groups is 1. The Labute approximate surface area is 150 Å². The smallest absolute Gasteiger partial charge is 0.0234 e. The van der Waals surface area contributed by atoms with Crippen LogP contribution in [0, 0.1) is 0 Å². The first-order chi connectivity index (χ1) is 11.8. The summed E-state index contributed by atoms with van der Waals surface area (Å²) < 4.78 is 0. The van der Waals surface area contributed by atoms with Gasteiger partial charge in [-0.25, -0.2) is 0 Å². The average Bonchev–Trinajstić information content (AvgIpc) is 2.65. The van der Waals surface area contributed by atoms with Crippen molar-refractivity contribution in [2.24, 2.45) is 0 Å². The molecule has 3 heteroatoms. The zero-order valence-corrected chi connectivity index (χ0v) is 15.5. The van der Waals surface area contributed by atoms with Gasteiger partial charge in [-0.3, -0.25) is 4.90 Å². The molecule has 2 nitrogen and oxygen atoms in total. The van der Waals surface area contributed by atoms with E-state index in [1.54, 1.807) is 0 Å². The molecule has 2 aromatic rings. The van der Waals surface area contributed by atoms with Gasteiger partial charge in [-0.05, 0) is 48.9 Å². The summed E-state index contributed by atoms with van der Waals surface area (Å²) in [6.07, 6.45) is 4.59. The van der Waals surface area contributed by atoms with E-state index in [4.69, 9.17) is 0 Å². The Balaban J connectivity index is 1.36. The number of rotatable bonds is 7. The van der Waals surface area contributed by atoms with Crippen LogP contribution in [0.2, 0.25) is 0 Å². The highest BCUT2D eigenvalue weighted by atomic mass is 32.2. The Kier molecular flexibility index (Phi) is 6.76. The lowest BCUT2D eigenvalue weighted by atomic mass is 10.1. The van der Waals surface area contributed by atoms with Crippen molar-refractivity contribution >= 4 is 11.8 Å². The molecular weight excluding hydrogens is 312 g/mol. The summed E-state index contributed by atoms with van der Waals surface area (Å²) in [6.45, 7) is 7.11. The third-order valence-electron chi connectivity index (χ3n) is 4.81. The molecule has 0 amide bonds. The van der Waals surface area contributed by atoms with Gasteiger partial charge in [-0.2, -0.15) is 0 Å². The average molecular weight is 341 g/mol. The number of nitrogens with zero attached hydrogens (tertiary/aromatic N) is 2. The Morgan fingerprint density at radius 2 is 1.46 bits per heavy atom. The molecule has 24 heavy (non-hydrogen) atoms. The predicted molar refractivity (Wildman–Crippen MR) is 105 cm³/mol. The zero-order chi connectivity index (χ0) is 16.6. The molecule has 0 unspecified atom stereocenters. The molecule has 0 atom stereocenters. The lowest BCUT2D eigenvalue weighted by molar-refractivity contribution is 0.126. The van der Waals surface area contributed by atoms with E-state index >= 15 is 0 Å². The van der Waals surface area contributed by atoms with Crippen LogP contribution in [0.25, 0.3) is 0 Å². The van der Waals surface area contributed by atoms with Crippen molar-refractivity contribution < 1.29 is 0 Å². The molecule has 1 fully saturated rings. The number of benzene rings is 2. The summed E-state index contributed by atoms with van der Waals surface area (Å²) in [7, 11) is 0. The van der Waals surface area contributed by atoms with Crippen molar-refractivity contribution in [1.82, 2.24) is 9.80 Å². The van der Waals surface area contributed by atoms with E-state index in [-0.39, 0.29) is 0 Å². The Hall–Kier alpha value is -1.29. The van der Waals surface area contributed by atoms with Gasteiger partial charge in [0.2, 0.25) is 0 Å². The first kappa shape index (κ1) is 17.5. The molecule has 1 saturated heterocycles. The van der Waals surface area contributed by atoms with Crippen molar-refractivity contribution in [3.63, 3.8) is 0 Å². The standard InChI is InChI=1S/C21H28N2S/c1-24-21-11-9-20(10-12-21)18-23-16-14-22(15-17-23)13-5-8-19-6-3-2-4-7-19/h2-4,6-7,9-12H,5,8,13-18H2,1H3. The summed E-state index contributed by atoms with van der Waals surface area (Å²) in [5.74, 6) is 0. The van der Waals surface area contributed by atoms with Crippen LogP contribution in [0.1, 0.15) is 17.5 Å². The van der Waals surface area contributed by atoms with E-state index in [1.807, 2.05) is 11.8 Å². The fourth-order valence-electron chi connectivity index (χ4n) is 3.31. The molecular formula is C21H28N2S. The molecule has 1 aliphatic heterocycles. The predicted octanol–water partition coefficient (Wildman–Crippen LogP) is 4.16.